The number of allylic oxidation sites excluding steroid dienone is 2. The van der Waals surface area contributed by atoms with Crippen molar-refractivity contribution in [2.24, 2.45) is 7.05 Å². The molecular weight excluding hydrogens is 355 g/mol. The maximum absolute atomic E-state index is 14.1. The largest absolute Gasteiger partial charge is 0.480 e. The summed E-state index contributed by atoms with van der Waals surface area (Å²) in [5.74, 6) is -4.39. The molecule has 2 N–H and O–H groups in total. The van der Waals surface area contributed by atoms with Gasteiger partial charge in [0.05, 0.1) is 6.10 Å². The van der Waals surface area contributed by atoms with Crippen LogP contribution < -0.4 is 0 Å². The Kier molecular flexibility index (Phi) is 6.30. The van der Waals surface area contributed by atoms with Gasteiger partial charge in [0, 0.05) is 24.6 Å². The number of carbonyl (C=O) groups excluding carboxylic acids is 1. The molecule has 0 fully saturated rings. The van der Waals surface area contributed by atoms with E-state index < -0.39 is 36.0 Å². The Hall–Kier alpha value is -3.20. The number of benzene rings is 1. The molecule has 0 saturated carbocycles. The first-order chi connectivity index (χ1) is 12.7. The molecule has 0 aliphatic carbocycles. The first-order valence-electron chi connectivity index (χ1n) is 8.00. The molecule has 9 heteroatoms. The zero-order valence-corrected chi connectivity index (χ0v) is 14.8. The van der Waals surface area contributed by atoms with Crippen LogP contribution in [0.5, 0.6) is 0 Å². The molecule has 2 unspecified atom stereocenters. The van der Waals surface area contributed by atoms with Crippen molar-refractivity contribution < 1.29 is 24.2 Å². The van der Waals surface area contributed by atoms with Crippen LogP contribution >= 0.6 is 0 Å². The lowest BCUT2D eigenvalue weighted by Gasteiger charge is -2.14. The molecule has 0 bridgehead atoms. The van der Waals surface area contributed by atoms with Crippen molar-refractivity contribution in [2.45, 2.75) is 25.4 Å². The molecule has 0 aliphatic rings. The number of aliphatic hydroxyl groups excluding tert-OH is 1. The Labute approximate surface area is 154 Å². The molecule has 1 aromatic carbocycles. The van der Waals surface area contributed by atoms with Crippen LogP contribution in [-0.2, 0) is 16.6 Å². The van der Waals surface area contributed by atoms with Crippen molar-refractivity contribution in [1.82, 2.24) is 20.2 Å². The zero-order valence-electron chi connectivity index (χ0n) is 14.8. The summed E-state index contributed by atoms with van der Waals surface area (Å²) in [6.45, 7) is 5.40. The van der Waals surface area contributed by atoms with Crippen molar-refractivity contribution in [3.63, 3.8) is 0 Å². The second-order valence-electron chi connectivity index (χ2n) is 6.04. The standard InChI is InChI=1S/C18H19FN4O4/c1-10-4-7-13(14(19)8-10)16(18(26)27)15(25)9-12(24)6-5-11(2)17-20-21-22-23(17)3/h4-8,12,16,24H,2,9H2,1,3H3,(H,26,27). The molecule has 2 atom stereocenters. The molecule has 0 radical (unpaired) electrons. The minimum atomic E-state index is -1.69. The van der Waals surface area contributed by atoms with Crippen molar-refractivity contribution in [2.75, 3.05) is 0 Å². The summed E-state index contributed by atoms with van der Waals surface area (Å²) in [6, 6.07) is 3.96. The smallest absolute Gasteiger partial charge is 0.318 e. The van der Waals surface area contributed by atoms with E-state index in [1.807, 2.05) is 0 Å². The molecule has 1 aromatic heterocycles. The highest BCUT2D eigenvalue weighted by Gasteiger charge is 2.31. The number of carbonyl (C=O) groups is 2. The lowest BCUT2D eigenvalue weighted by Crippen LogP contribution is -2.25. The minimum Gasteiger partial charge on any atom is -0.480 e. The third kappa shape index (κ3) is 4.91. The van der Waals surface area contributed by atoms with E-state index in [0.717, 1.165) is 6.07 Å². The number of aliphatic carboxylic acids is 1. The second kappa shape index (κ2) is 8.45. The fraction of sp³-hybridized carbons (Fsp3) is 0.278. The molecule has 1 heterocycles. The van der Waals surface area contributed by atoms with E-state index in [2.05, 4.69) is 22.1 Å². The summed E-state index contributed by atoms with van der Waals surface area (Å²) in [5.41, 5.74) is 0.768. The number of hydrogen-bond donors (Lipinski definition) is 2. The maximum atomic E-state index is 14.1. The Morgan fingerprint density at radius 3 is 2.67 bits per heavy atom. The van der Waals surface area contributed by atoms with Crippen LogP contribution in [0.25, 0.3) is 5.57 Å². The fourth-order valence-corrected chi connectivity index (χ4v) is 2.51. The average Bonchev–Trinajstić information content (AvgIpc) is 3.00. The van der Waals surface area contributed by atoms with Crippen LogP contribution in [0.15, 0.2) is 36.9 Å². The van der Waals surface area contributed by atoms with Gasteiger partial charge in [-0.25, -0.2) is 9.07 Å². The van der Waals surface area contributed by atoms with Gasteiger partial charge < -0.3 is 10.2 Å². The first kappa shape index (κ1) is 20.1. The number of aryl methyl sites for hydroxylation is 2. The number of rotatable bonds is 8. The van der Waals surface area contributed by atoms with Crippen LogP contribution in [0.1, 0.15) is 29.3 Å². The van der Waals surface area contributed by atoms with E-state index in [1.165, 1.54) is 29.0 Å². The van der Waals surface area contributed by atoms with Crippen molar-refractivity contribution >= 4 is 17.3 Å². The van der Waals surface area contributed by atoms with E-state index in [4.69, 9.17) is 0 Å². The van der Waals surface area contributed by atoms with Gasteiger partial charge in [-0.15, -0.1) is 5.10 Å². The van der Waals surface area contributed by atoms with Crippen molar-refractivity contribution in [3.05, 3.63) is 59.7 Å². The van der Waals surface area contributed by atoms with E-state index in [1.54, 1.807) is 14.0 Å². The second-order valence-corrected chi connectivity index (χ2v) is 6.04. The first-order valence-corrected chi connectivity index (χ1v) is 8.00. The lowest BCUT2D eigenvalue weighted by molar-refractivity contribution is -0.143. The maximum Gasteiger partial charge on any atom is 0.318 e. The molecule has 0 amide bonds. The monoisotopic (exact) mass is 374 g/mol. The van der Waals surface area contributed by atoms with Gasteiger partial charge >= 0.3 is 5.97 Å². The molecular formula is C18H19FN4O4. The SMILES string of the molecule is C=C(C=CC(O)CC(=O)C(C(=O)O)c1ccc(C)cc1F)c1nnnn1C. The van der Waals surface area contributed by atoms with E-state index in [0.29, 0.717) is 17.0 Å². The van der Waals surface area contributed by atoms with Crippen LogP contribution in [0.4, 0.5) is 4.39 Å². The van der Waals surface area contributed by atoms with E-state index in [9.17, 15) is 24.2 Å². The van der Waals surface area contributed by atoms with Gasteiger partial charge in [-0.1, -0.05) is 30.9 Å². The van der Waals surface area contributed by atoms with Crippen LogP contribution in [-0.4, -0.2) is 48.3 Å². The molecule has 2 aromatic rings. The van der Waals surface area contributed by atoms with Gasteiger partial charge in [-0.2, -0.15) is 0 Å². The predicted octanol–water partition coefficient (Wildman–Crippen LogP) is 1.42. The Morgan fingerprint density at radius 2 is 2.11 bits per heavy atom. The van der Waals surface area contributed by atoms with Gasteiger partial charge in [0.2, 0.25) is 0 Å². The number of ketones is 1. The topological polar surface area (TPSA) is 118 Å². The zero-order chi connectivity index (χ0) is 20.1. The summed E-state index contributed by atoms with van der Waals surface area (Å²) in [6.07, 6.45) is 0.932. The fourth-order valence-electron chi connectivity index (χ4n) is 2.51. The summed E-state index contributed by atoms with van der Waals surface area (Å²) >= 11 is 0. The van der Waals surface area contributed by atoms with Gasteiger partial charge in [-0.3, -0.25) is 9.59 Å². The highest BCUT2D eigenvalue weighted by atomic mass is 19.1. The number of carboxylic acids is 1. The lowest BCUT2D eigenvalue weighted by atomic mass is 9.90. The van der Waals surface area contributed by atoms with E-state index in [-0.39, 0.29) is 5.56 Å². The number of hydrogen-bond acceptors (Lipinski definition) is 6. The van der Waals surface area contributed by atoms with E-state index >= 15 is 0 Å². The molecule has 27 heavy (non-hydrogen) atoms. The summed E-state index contributed by atoms with van der Waals surface area (Å²) in [7, 11) is 1.61. The van der Waals surface area contributed by atoms with Gasteiger partial charge in [-0.05, 0) is 29.0 Å². The average molecular weight is 374 g/mol. The quantitative estimate of drug-likeness (QED) is 0.530. The third-order valence-electron chi connectivity index (χ3n) is 3.87. The summed E-state index contributed by atoms with van der Waals surface area (Å²) in [4.78, 5) is 23.9. The number of nitrogens with zero attached hydrogens (tertiary/aromatic N) is 4. The molecule has 2 rings (SSSR count). The van der Waals surface area contributed by atoms with Crippen molar-refractivity contribution in [3.8, 4) is 0 Å². The van der Waals surface area contributed by atoms with Crippen LogP contribution in [0.3, 0.4) is 0 Å². The summed E-state index contributed by atoms with van der Waals surface area (Å²) in [5, 5.41) is 30.2. The molecule has 0 spiro atoms. The number of aliphatic hydroxyl groups is 1. The predicted molar refractivity (Wildman–Crippen MR) is 94.1 cm³/mol. The minimum absolute atomic E-state index is 0.233. The molecule has 8 nitrogen and oxygen atoms in total. The number of halogens is 1. The normalized spacial score (nSPS) is 13.5. The van der Waals surface area contributed by atoms with Gasteiger partial charge in [0.1, 0.15) is 11.7 Å². The van der Waals surface area contributed by atoms with Gasteiger partial charge in [0.25, 0.3) is 0 Å². The highest BCUT2D eigenvalue weighted by molar-refractivity contribution is 6.04. The number of Topliss-reactive ketones (excluding diaryl/α,β-unsaturated/α-hetero) is 1. The molecule has 0 saturated heterocycles. The van der Waals surface area contributed by atoms with Crippen LogP contribution in [0.2, 0.25) is 0 Å². The van der Waals surface area contributed by atoms with Gasteiger partial charge in [0.15, 0.2) is 11.6 Å². The molecule has 142 valence electrons. The Balaban J connectivity index is 2.11. The number of tetrazole rings is 1. The Bertz CT molecular complexity index is 907. The number of aromatic nitrogens is 4. The molecule has 0 aliphatic heterocycles. The van der Waals surface area contributed by atoms with Crippen LogP contribution in [0, 0.1) is 12.7 Å². The Morgan fingerprint density at radius 1 is 1.41 bits per heavy atom. The summed E-state index contributed by atoms with van der Waals surface area (Å²) < 4.78 is 15.5. The third-order valence-corrected chi connectivity index (χ3v) is 3.87. The van der Waals surface area contributed by atoms with Crippen molar-refractivity contribution in [1.29, 1.82) is 0 Å². The highest BCUT2D eigenvalue weighted by Crippen LogP contribution is 2.24. The number of carboxylic acid groups (broad SMARTS) is 1.